The van der Waals surface area contributed by atoms with Crippen molar-refractivity contribution in [2.75, 3.05) is 0 Å². The Morgan fingerprint density at radius 3 is 2.27 bits per heavy atom. The van der Waals surface area contributed by atoms with Crippen LogP contribution in [0.5, 0.6) is 0 Å². The van der Waals surface area contributed by atoms with Crippen LogP contribution in [-0.2, 0) is 17.1 Å². The van der Waals surface area contributed by atoms with Gasteiger partial charge in [-0.2, -0.15) is 35.0 Å². The Balaban J connectivity index is 0.000000280. The van der Waals surface area contributed by atoms with E-state index in [1.54, 1.807) is 0 Å². The zero-order chi connectivity index (χ0) is 10.2. The Hall–Kier alpha value is -0.564. The number of hydrogen-bond donors (Lipinski definition) is 0. The predicted octanol–water partition coefficient (Wildman–Crippen LogP) is 2.88. The Morgan fingerprint density at radius 2 is 1.93 bits per heavy atom. The minimum atomic E-state index is 0. The predicted molar refractivity (Wildman–Crippen MR) is 64.7 cm³/mol. The van der Waals surface area contributed by atoms with Crippen LogP contribution in [0, 0.1) is 6.92 Å². The molecule has 0 spiro atoms. The second-order valence-corrected chi connectivity index (χ2v) is 4.71. The standard InChI is InChI=1S/C8H11Si.C5H5.Fe/c1-3-9-8-6-4-5-7(8)2;1-2-4-5-3-1;/h4-6H,3H2,1-2H3;1-5H;/q2*-1;+2. The molecule has 2 aromatic rings. The number of aryl methyl sites for hydroxylation is 1. The molecule has 2 aromatic carbocycles. The van der Waals surface area contributed by atoms with Crippen LogP contribution in [-0.4, -0.2) is 9.52 Å². The van der Waals surface area contributed by atoms with Crippen molar-refractivity contribution < 1.29 is 17.1 Å². The summed E-state index contributed by atoms with van der Waals surface area (Å²) < 4.78 is 0. The molecule has 0 aliphatic carbocycles. The molecule has 0 bridgehead atoms. The first-order chi connectivity index (χ1) is 6.84. The SMILES string of the molecule is CC[Si][c-]1cccc1C.[Fe+2].c1cc[cH-]c1. The smallest absolute Gasteiger partial charge is 0.214 e. The van der Waals surface area contributed by atoms with Crippen molar-refractivity contribution >= 4 is 14.7 Å². The molecule has 0 amide bonds. The molecule has 2 heteroatoms. The quantitative estimate of drug-likeness (QED) is 0.572. The summed E-state index contributed by atoms with van der Waals surface area (Å²) in [6.45, 7) is 4.41. The van der Waals surface area contributed by atoms with Gasteiger partial charge in [0.15, 0.2) is 0 Å². The van der Waals surface area contributed by atoms with Gasteiger partial charge in [0.1, 0.15) is 0 Å². The van der Waals surface area contributed by atoms with E-state index in [9.17, 15) is 0 Å². The molecule has 2 rings (SSSR count). The van der Waals surface area contributed by atoms with E-state index in [1.165, 1.54) is 16.8 Å². The van der Waals surface area contributed by atoms with Gasteiger partial charge in [0, 0.05) is 0 Å². The molecule has 2 radical (unpaired) electrons. The van der Waals surface area contributed by atoms with E-state index in [0.29, 0.717) is 0 Å². The molecule has 0 aromatic heterocycles. The van der Waals surface area contributed by atoms with Gasteiger partial charge in [-0.1, -0.05) is 19.9 Å². The number of rotatable bonds is 2. The Labute approximate surface area is 106 Å². The first kappa shape index (κ1) is 14.4. The van der Waals surface area contributed by atoms with Crippen LogP contribution in [0.4, 0.5) is 0 Å². The van der Waals surface area contributed by atoms with Crippen molar-refractivity contribution in [3.63, 3.8) is 0 Å². The van der Waals surface area contributed by atoms with E-state index >= 15 is 0 Å². The maximum atomic E-state index is 2.23. The van der Waals surface area contributed by atoms with Crippen LogP contribution in [0.25, 0.3) is 0 Å². The summed E-state index contributed by atoms with van der Waals surface area (Å²) in [6.07, 6.45) is 0. The Kier molecular flexibility index (Phi) is 8.39. The number of hydrogen-bond acceptors (Lipinski definition) is 0. The Bertz CT molecular complexity index is 305. The summed E-state index contributed by atoms with van der Waals surface area (Å²) in [7, 11) is 1.01. The van der Waals surface area contributed by atoms with Gasteiger partial charge in [-0.3, -0.25) is 0 Å². The molecule has 0 unspecified atom stereocenters. The van der Waals surface area contributed by atoms with Crippen LogP contribution in [0.15, 0.2) is 48.5 Å². The summed E-state index contributed by atoms with van der Waals surface area (Å²) in [4.78, 5) is 0. The van der Waals surface area contributed by atoms with Crippen molar-refractivity contribution in [1.82, 2.24) is 0 Å². The van der Waals surface area contributed by atoms with Crippen molar-refractivity contribution in [3.8, 4) is 0 Å². The minimum absolute atomic E-state index is 0. The van der Waals surface area contributed by atoms with Gasteiger partial charge >= 0.3 is 17.1 Å². The fourth-order valence-corrected chi connectivity index (χ4v) is 2.18. The van der Waals surface area contributed by atoms with E-state index < -0.39 is 0 Å². The van der Waals surface area contributed by atoms with E-state index in [2.05, 4.69) is 32.0 Å². The molecule has 0 fully saturated rings. The molecule has 0 saturated carbocycles. The maximum absolute atomic E-state index is 2.23. The molecule has 15 heavy (non-hydrogen) atoms. The van der Waals surface area contributed by atoms with E-state index in [-0.39, 0.29) is 17.1 Å². The monoisotopic (exact) mass is 256 g/mol. The van der Waals surface area contributed by atoms with Gasteiger partial charge in [0.05, 0.1) is 0 Å². The van der Waals surface area contributed by atoms with Crippen LogP contribution >= 0.6 is 0 Å². The van der Waals surface area contributed by atoms with E-state index in [1.807, 2.05) is 30.3 Å². The molecular formula is C13H16FeSi. The van der Waals surface area contributed by atoms with Crippen LogP contribution in [0.2, 0.25) is 6.04 Å². The third kappa shape index (κ3) is 5.78. The van der Waals surface area contributed by atoms with Crippen LogP contribution in [0.1, 0.15) is 12.5 Å². The molecule has 80 valence electrons. The molecule has 0 nitrogen and oxygen atoms in total. The van der Waals surface area contributed by atoms with Crippen LogP contribution < -0.4 is 5.19 Å². The third-order valence-corrected chi connectivity index (χ3v) is 3.25. The fourth-order valence-electron chi connectivity index (χ4n) is 1.22. The van der Waals surface area contributed by atoms with Crippen LogP contribution in [0.3, 0.4) is 0 Å². The van der Waals surface area contributed by atoms with Crippen molar-refractivity contribution in [2.24, 2.45) is 0 Å². The first-order valence-electron chi connectivity index (χ1n) is 4.97. The molecule has 0 N–H and O–H groups in total. The normalized spacial score (nSPS) is 8.67. The van der Waals surface area contributed by atoms with Crippen molar-refractivity contribution in [1.29, 1.82) is 0 Å². The Morgan fingerprint density at radius 1 is 1.27 bits per heavy atom. The van der Waals surface area contributed by atoms with Gasteiger partial charge in [-0.05, 0) is 9.52 Å². The molecule has 0 aliphatic rings. The first-order valence-corrected chi connectivity index (χ1v) is 6.18. The maximum Gasteiger partial charge on any atom is 2.00 e. The molecule has 0 heterocycles. The van der Waals surface area contributed by atoms with Gasteiger partial charge in [-0.25, -0.2) is 24.3 Å². The minimum Gasteiger partial charge on any atom is -0.214 e. The zero-order valence-corrected chi connectivity index (χ0v) is 11.3. The largest absolute Gasteiger partial charge is 2.00 e. The summed E-state index contributed by atoms with van der Waals surface area (Å²) >= 11 is 0. The molecule has 0 atom stereocenters. The summed E-state index contributed by atoms with van der Waals surface area (Å²) in [6, 6.07) is 17.8. The fraction of sp³-hybridized carbons (Fsp3) is 0.231. The average molecular weight is 256 g/mol. The third-order valence-electron chi connectivity index (χ3n) is 1.96. The van der Waals surface area contributed by atoms with Gasteiger partial charge < -0.3 is 0 Å². The molecule has 0 saturated heterocycles. The van der Waals surface area contributed by atoms with E-state index in [0.717, 1.165) is 9.52 Å². The average Bonchev–Trinajstić information content (AvgIpc) is 2.81. The summed E-state index contributed by atoms with van der Waals surface area (Å²) in [5.74, 6) is 0. The van der Waals surface area contributed by atoms with E-state index in [4.69, 9.17) is 0 Å². The van der Waals surface area contributed by atoms with Gasteiger partial charge in [0.2, 0.25) is 0 Å². The second kappa shape index (κ2) is 8.72. The zero-order valence-electron chi connectivity index (χ0n) is 9.18. The van der Waals surface area contributed by atoms with Gasteiger partial charge in [0.25, 0.3) is 0 Å². The molecule has 0 aliphatic heterocycles. The molecular weight excluding hydrogens is 240 g/mol. The van der Waals surface area contributed by atoms with Crippen molar-refractivity contribution in [3.05, 3.63) is 54.1 Å². The summed E-state index contributed by atoms with van der Waals surface area (Å²) in [5.41, 5.74) is 1.45. The van der Waals surface area contributed by atoms with Crippen molar-refractivity contribution in [2.45, 2.75) is 19.9 Å². The second-order valence-electron chi connectivity index (χ2n) is 3.12. The summed E-state index contributed by atoms with van der Waals surface area (Å²) in [5, 5.41) is 1.54. The topological polar surface area (TPSA) is 0 Å². The van der Waals surface area contributed by atoms with Gasteiger partial charge in [-0.15, -0.1) is 0 Å².